The highest BCUT2D eigenvalue weighted by molar-refractivity contribution is 5.92. The summed E-state index contributed by atoms with van der Waals surface area (Å²) in [5.41, 5.74) is 5.31. The largest absolute Gasteiger partial charge is 0.366 e. The van der Waals surface area contributed by atoms with Crippen molar-refractivity contribution in [2.45, 2.75) is 26.8 Å². The summed E-state index contributed by atoms with van der Waals surface area (Å²) in [5.74, 6) is 0.737. The molecule has 4 nitrogen and oxygen atoms in total. The number of hydrogen-bond acceptors (Lipinski definition) is 3. The standard InChI is InChI=1S/C22H23N3O/c1-16-5-3-7-18(11-16)13-22(26)25-20-9-10-21(24-15-20)23-14-19-8-4-6-17(2)12-19/h3-12,15H,13-14H2,1-2H3,(H,23,24)(H,25,26). The molecule has 0 bridgehead atoms. The number of rotatable bonds is 6. The number of anilines is 2. The van der Waals surface area contributed by atoms with Gasteiger partial charge in [0, 0.05) is 6.54 Å². The van der Waals surface area contributed by atoms with Crippen LogP contribution in [0.2, 0.25) is 0 Å². The molecule has 0 unspecified atom stereocenters. The van der Waals surface area contributed by atoms with Crippen LogP contribution in [0.5, 0.6) is 0 Å². The van der Waals surface area contributed by atoms with Crippen molar-refractivity contribution in [3.63, 3.8) is 0 Å². The molecule has 0 aliphatic heterocycles. The average Bonchev–Trinajstić information content (AvgIpc) is 2.61. The number of benzene rings is 2. The van der Waals surface area contributed by atoms with E-state index in [0.29, 0.717) is 18.7 Å². The van der Waals surface area contributed by atoms with E-state index in [1.807, 2.05) is 49.4 Å². The van der Waals surface area contributed by atoms with Crippen molar-refractivity contribution in [2.75, 3.05) is 10.6 Å². The van der Waals surface area contributed by atoms with Crippen molar-refractivity contribution < 1.29 is 4.79 Å². The Morgan fingerprint density at radius 1 is 0.923 bits per heavy atom. The van der Waals surface area contributed by atoms with Crippen molar-refractivity contribution in [2.24, 2.45) is 0 Å². The molecule has 0 aliphatic carbocycles. The SMILES string of the molecule is Cc1cccc(CNc2ccc(NC(=O)Cc3cccc(C)c3)cn2)c1. The van der Waals surface area contributed by atoms with Gasteiger partial charge in [0.1, 0.15) is 5.82 Å². The Kier molecular flexibility index (Phi) is 5.64. The minimum atomic E-state index is -0.0436. The van der Waals surface area contributed by atoms with E-state index >= 15 is 0 Å². The zero-order chi connectivity index (χ0) is 18.4. The van der Waals surface area contributed by atoms with E-state index in [-0.39, 0.29) is 5.91 Å². The minimum absolute atomic E-state index is 0.0436. The molecule has 0 radical (unpaired) electrons. The molecule has 2 aromatic carbocycles. The van der Waals surface area contributed by atoms with Crippen LogP contribution in [-0.2, 0) is 17.8 Å². The Labute approximate surface area is 154 Å². The molecule has 1 amide bonds. The molecular formula is C22H23N3O. The second-order valence-corrected chi connectivity index (χ2v) is 6.49. The van der Waals surface area contributed by atoms with Gasteiger partial charge in [-0.15, -0.1) is 0 Å². The van der Waals surface area contributed by atoms with Crippen LogP contribution in [0.1, 0.15) is 22.3 Å². The predicted octanol–water partition coefficient (Wildman–Crippen LogP) is 4.49. The molecule has 2 N–H and O–H groups in total. The van der Waals surface area contributed by atoms with Crippen LogP contribution in [0.4, 0.5) is 11.5 Å². The van der Waals surface area contributed by atoms with E-state index in [9.17, 15) is 4.79 Å². The van der Waals surface area contributed by atoms with Gasteiger partial charge < -0.3 is 10.6 Å². The second-order valence-electron chi connectivity index (χ2n) is 6.49. The number of hydrogen-bond donors (Lipinski definition) is 2. The summed E-state index contributed by atoms with van der Waals surface area (Å²) >= 11 is 0. The molecule has 0 aliphatic rings. The van der Waals surface area contributed by atoms with Gasteiger partial charge in [-0.2, -0.15) is 0 Å². The summed E-state index contributed by atoms with van der Waals surface area (Å²) in [6, 6.07) is 20.1. The van der Waals surface area contributed by atoms with E-state index in [1.165, 1.54) is 11.1 Å². The smallest absolute Gasteiger partial charge is 0.228 e. The van der Waals surface area contributed by atoms with Crippen molar-refractivity contribution >= 4 is 17.4 Å². The number of aryl methyl sites for hydroxylation is 2. The summed E-state index contributed by atoms with van der Waals surface area (Å²) in [6.45, 7) is 4.82. The topological polar surface area (TPSA) is 54.0 Å². The predicted molar refractivity (Wildman–Crippen MR) is 106 cm³/mol. The molecule has 1 aromatic heterocycles. The van der Waals surface area contributed by atoms with Gasteiger partial charge in [-0.3, -0.25) is 4.79 Å². The van der Waals surface area contributed by atoms with E-state index in [2.05, 4.69) is 40.7 Å². The van der Waals surface area contributed by atoms with Crippen molar-refractivity contribution in [3.05, 3.63) is 89.1 Å². The molecule has 3 rings (SSSR count). The van der Waals surface area contributed by atoms with Gasteiger partial charge in [-0.1, -0.05) is 59.7 Å². The maximum Gasteiger partial charge on any atom is 0.228 e. The lowest BCUT2D eigenvalue weighted by Gasteiger charge is -2.09. The third-order valence-electron chi connectivity index (χ3n) is 4.05. The Bertz CT molecular complexity index is 888. The van der Waals surface area contributed by atoms with Crippen LogP contribution in [0.15, 0.2) is 66.9 Å². The van der Waals surface area contributed by atoms with Gasteiger partial charge in [0.2, 0.25) is 5.91 Å². The zero-order valence-corrected chi connectivity index (χ0v) is 15.1. The fraction of sp³-hybridized carbons (Fsp3) is 0.182. The number of aromatic nitrogens is 1. The molecule has 0 saturated carbocycles. The number of nitrogens with zero attached hydrogens (tertiary/aromatic N) is 1. The van der Waals surface area contributed by atoms with Crippen LogP contribution in [0.3, 0.4) is 0 Å². The highest BCUT2D eigenvalue weighted by Crippen LogP contribution is 2.13. The summed E-state index contributed by atoms with van der Waals surface area (Å²) in [7, 11) is 0. The first kappa shape index (κ1) is 17.7. The average molecular weight is 345 g/mol. The number of carbonyl (C=O) groups is 1. The maximum atomic E-state index is 12.2. The molecule has 132 valence electrons. The van der Waals surface area contributed by atoms with Gasteiger partial charge >= 0.3 is 0 Å². The van der Waals surface area contributed by atoms with Gasteiger partial charge in [0.15, 0.2) is 0 Å². The fourth-order valence-corrected chi connectivity index (χ4v) is 2.80. The molecule has 0 spiro atoms. The Hall–Kier alpha value is -3.14. The molecular weight excluding hydrogens is 322 g/mol. The van der Waals surface area contributed by atoms with Crippen molar-refractivity contribution in [1.29, 1.82) is 0 Å². The summed E-state index contributed by atoms with van der Waals surface area (Å²) < 4.78 is 0. The van der Waals surface area contributed by atoms with Gasteiger partial charge in [-0.25, -0.2) is 4.98 Å². The quantitative estimate of drug-likeness (QED) is 0.692. The molecule has 0 atom stereocenters. The summed E-state index contributed by atoms with van der Waals surface area (Å²) in [5, 5.41) is 6.18. The normalized spacial score (nSPS) is 10.4. The fourth-order valence-electron chi connectivity index (χ4n) is 2.80. The third kappa shape index (κ3) is 5.18. The molecule has 3 aromatic rings. The number of carbonyl (C=O) groups excluding carboxylic acids is 1. The second kappa shape index (κ2) is 8.30. The van der Waals surface area contributed by atoms with E-state index in [0.717, 1.165) is 16.9 Å². The maximum absolute atomic E-state index is 12.2. The molecule has 0 fully saturated rings. The first-order chi connectivity index (χ1) is 12.6. The molecule has 1 heterocycles. The molecule has 26 heavy (non-hydrogen) atoms. The number of pyridine rings is 1. The highest BCUT2D eigenvalue weighted by Gasteiger charge is 2.05. The van der Waals surface area contributed by atoms with Gasteiger partial charge in [-0.05, 0) is 37.1 Å². The Morgan fingerprint density at radius 2 is 1.62 bits per heavy atom. The summed E-state index contributed by atoms with van der Waals surface area (Å²) in [6.07, 6.45) is 2.03. The first-order valence-corrected chi connectivity index (χ1v) is 8.69. The molecule has 0 saturated heterocycles. The van der Waals surface area contributed by atoms with Gasteiger partial charge in [0.25, 0.3) is 0 Å². The lowest BCUT2D eigenvalue weighted by Crippen LogP contribution is -2.14. The van der Waals surface area contributed by atoms with Crippen LogP contribution in [0, 0.1) is 13.8 Å². The van der Waals surface area contributed by atoms with Gasteiger partial charge in [0.05, 0.1) is 18.3 Å². The monoisotopic (exact) mass is 345 g/mol. The number of nitrogens with one attached hydrogen (secondary N) is 2. The highest BCUT2D eigenvalue weighted by atomic mass is 16.1. The Morgan fingerprint density at radius 3 is 2.27 bits per heavy atom. The Balaban J connectivity index is 1.53. The first-order valence-electron chi connectivity index (χ1n) is 8.69. The van der Waals surface area contributed by atoms with E-state index < -0.39 is 0 Å². The minimum Gasteiger partial charge on any atom is -0.366 e. The van der Waals surface area contributed by atoms with Crippen LogP contribution >= 0.6 is 0 Å². The zero-order valence-electron chi connectivity index (χ0n) is 15.1. The lowest BCUT2D eigenvalue weighted by atomic mass is 10.1. The van der Waals surface area contributed by atoms with Crippen LogP contribution in [0.25, 0.3) is 0 Å². The van der Waals surface area contributed by atoms with E-state index in [1.54, 1.807) is 6.20 Å². The van der Waals surface area contributed by atoms with Crippen molar-refractivity contribution in [3.8, 4) is 0 Å². The lowest BCUT2D eigenvalue weighted by molar-refractivity contribution is -0.115. The van der Waals surface area contributed by atoms with E-state index in [4.69, 9.17) is 0 Å². The third-order valence-corrected chi connectivity index (χ3v) is 4.05. The van der Waals surface area contributed by atoms with Crippen LogP contribution in [-0.4, -0.2) is 10.9 Å². The van der Waals surface area contributed by atoms with Crippen LogP contribution < -0.4 is 10.6 Å². The summed E-state index contributed by atoms with van der Waals surface area (Å²) in [4.78, 5) is 16.5. The number of amides is 1. The van der Waals surface area contributed by atoms with Crippen molar-refractivity contribution in [1.82, 2.24) is 4.98 Å². The molecule has 4 heteroatoms.